The molecule has 142 heavy (non-hydrogen) atoms. The minimum Gasteiger partial charge on any atom is -0.457 e. The molecular formula is C104H160O38. The minimum atomic E-state index is -1.91. The summed E-state index contributed by atoms with van der Waals surface area (Å²) in [5.74, 6) is -5.61. The van der Waals surface area contributed by atoms with Crippen LogP contribution in [0.25, 0.3) is 0 Å². The molecule has 0 aromatic heterocycles. The number of rotatable bonds is 59. The Kier molecular flexibility index (Phi) is 50.8. The van der Waals surface area contributed by atoms with Gasteiger partial charge in [-0.25, -0.2) is 0 Å². The summed E-state index contributed by atoms with van der Waals surface area (Å²) in [5, 5.41) is 11.9. The SMILES string of the molecule is C=CCOC[C@H]1O[C@@H](O)[C@H](OC(=O)C(C)(C)C)[C@@H](OCC=C)[C@H]1O[C@@H]1O[C@H](COCC=C)[C@H](O[C@@H]2O[C@H](COCC=C)[C@H](O[C@@H]3O[C@H](COCC=C)[C@H](O[C@@H]4O[C@H](COCC=C)[C@H](O[C@@H]5O[C@H](COCC=C)[C@H](OC(C)=O)[C@H](OCC=C)[C@H]5OC(=O)C(C)(C)C)[C@H](OCC=C)[C@H]4OC(=O)C(C)(C)C)[C@H](OCC=C)[C@H]3OC(=O)C(C)(C)C)[C@H](OCC=C)[C@H]2OC(=O)C(C)(C)C)[C@H](OCC=C)[C@H]1OC(=O)C(C)(C)C. The lowest BCUT2D eigenvalue weighted by atomic mass is 9.93. The van der Waals surface area contributed by atoms with Crippen molar-refractivity contribution in [3.05, 3.63) is 152 Å². The van der Waals surface area contributed by atoms with Crippen molar-refractivity contribution in [1.82, 2.24) is 0 Å². The van der Waals surface area contributed by atoms with Crippen LogP contribution in [-0.2, 0) is 176 Å². The van der Waals surface area contributed by atoms with Gasteiger partial charge in [-0.05, 0) is 125 Å². The normalized spacial score (nSPS) is 31.5. The first-order chi connectivity index (χ1) is 67.0. The van der Waals surface area contributed by atoms with E-state index in [1.54, 1.807) is 125 Å². The molecule has 6 fully saturated rings. The molecule has 1 N–H and O–H groups in total. The quantitative estimate of drug-likeness (QED) is 0.0256. The Morgan fingerprint density at radius 2 is 0.373 bits per heavy atom. The van der Waals surface area contributed by atoms with Gasteiger partial charge in [-0.1, -0.05) is 72.9 Å². The van der Waals surface area contributed by atoms with E-state index in [1.807, 2.05) is 0 Å². The van der Waals surface area contributed by atoms with Crippen molar-refractivity contribution in [1.29, 1.82) is 0 Å². The van der Waals surface area contributed by atoms with Crippen molar-refractivity contribution < 1.29 is 181 Å². The van der Waals surface area contributed by atoms with E-state index in [9.17, 15) is 24.3 Å². The molecule has 6 aliphatic heterocycles. The van der Waals surface area contributed by atoms with Gasteiger partial charge in [-0.3, -0.25) is 33.6 Å². The maximum Gasteiger partial charge on any atom is 0.311 e. The molecule has 30 atom stereocenters. The molecular weight excluding hydrogens is 1860 g/mol. The summed E-state index contributed by atoms with van der Waals surface area (Å²) in [6.45, 7) is 72.6. The van der Waals surface area contributed by atoms with Crippen LogP contribution in [0.3, 0.4) is 0 Å². The number of aliphatic hydroxyl groups is 1. The van der Waals surface area contributed by atoms with Crippen molar-refractivity contribution >= 4 is 41.8 Å². The number of hydrogen-bond acceptors (Lipinski definition) is 38. The van der Waals surface area contributed by atoms with Gasteiger partial charge in [0.05, 0.1) is 151 Å². The molecule has 0 amide bonds. The second-order valence-corrected chi connectivity index (χ2v) is 40.6. The summed E-state index contributed by atoms with van der Waals surface area (Å²) >= 11 is 0. The van der Waals surface area contributed by atoms with Crippen molar-refractivity contribution in [2.75, 3.05) is 119 Å². The standard InChI is InChI=1S/C104H160O38/c1-32-44-113-56-63-70(75(119-50-38-7)81(87(106)126-63)137-93(107)99(14,15)16)132-89-83(139-95(109)101(20,21)22)77(121-52-40-9)72(65(128-89)58-115-46-34-3)134-91-85(141-97(111)103(26,27)28)79(123-54-42-11)74(67(130-91)60-117-48-36-5)136-92-86(142-98(112)104(29,30)31)80(124-55-43-12)73(68(131-92)61-118-49-37-6)135-90-84(140-96(110)102(23,24)25)78(122-53-41-10)71(66(129-90)59-116-47-35-4)133-88-82(138-94(108)100(17,18)19)76(120-51-39-8)69(125-62(13)105)64(127-88)57-114-45-33-2/h32-43,63-92,106H,1-12,44-61H2,13-31H3/t63-,64-,65-,66-,67-,68-,69+,70+,71+,72+,73+,74+,75+,76+,77+,78+,79+,80+,81-,82-,83-,84-,85-,86-,87-,88+,89+,90+,91+,92+/m1/s1. The van der Waals surface area contributed by atoms with Gasteiger partial charge in [0.15, 0.2) is 80.5 Å². The summed E-state index contributed by atoms with van der Waals surface area (Å²) in [7, 11) is 0. The van der Waals surface area contributed by atoms with Gasteiger partial charge < -0.3 is 147 Å². The van der Waals surface area contributed by atoms with Gasteiger partial charge in [0.25, 0.3) is 0 Å². The van der Waals surface area contributed by atoms with E-state index < -0.39 is 285 Å². The number of carbonyl (C=O) groups is 7. The van der Waals surface area contributed by atoms with E-state index in [-0.39, 0.29) is 92.5 Å². The fourth-order valence-corrected chi connectivity index (χ4v) is 14.9. The van der Waals surface area contributed by atoms with Gasteiger partial charge in [0.2, 0.25) is 0 Å². The molecule has 0 saturated carbocycles. The van der Waals surface area contributed by atoms with Crippen molar-refractivity contribution in [2.45, 2.75) is 316 Å². The Bertz CT molecular complexity index is 3980. The Hall–Kier alpha value is -7.79. The van der Waals surface area contributed by atoms with E-state index in [0.717, 1.165) is 0 Å². The van der Waals surface area contributed by atoms with Crippen LogP contribution in [0.15, 0.2) is 152 Å². The third-order valence-corrected chi connectivity index (χ3v) is 22.0. The Morgan fingerprint density at radius 1 is 0.218 bits per heavy atom. The fourth-order valence-electron chi connectivity index (χ4n) is 14.9. The molecule has 0 aromatic rings. The minimum absolute atomic E-state index is 0.00452. The Labute approximate surface area is 837 Å². The average molecular weight is 2020 g/mol. The Balaban J connectivity index is 1.66. The smallest absolute Gasteiger partial charge is 0.311 e. The molecule has 6 heterocycles. The molecule has 38 nitrogen and oxygen atoms in total. The van der Waals surface area contributed by atoms with Crippen LogP contribution in [0, 0.1) is 32.5 Å². The molecule has 0 aromatic carbocycles. The zero-order chi connectivity index (χ0) is 106. The summed E-state index contributed by atoms with van der Waals surface area (Å²) in [6, 6.07) is 0. The van der Waals surface area contributed by atoms with Crippen LogP contribution in [-0.4, -0.2) is 350 Å². The van der Waals surface area contributed by atoms with Crippen LogP contribution >= 0.6 is 0 Å². The van der Waals surface area contributed by atoms with Crippen LogP contribution < -0.4 is 0 Å². The number of hydrogen-bond donors (Lipinski definition) is 1. The highest BCUT2D eigenvalue weighted by Crippen LogP contribution is 2.45. The van der Waals surface area contributed by atoms with E-state index >= 15 is 14.4 Å². The molecule has 0 spiro atoms. The van der Waals surface area contributed by atoms with Gasteiger partial charge in [-0.2, -0.15) is 0 Å². The van der Waals surface area contributed by atoms with Gasteiger partial charge in [0, 0.05) is 6.92 Å². The number of esters is 7. The van der Waals surface area contributed by atoms with E-state index in [2.05, 4.69) is 78.9 Å². The molecule has 6 aliphatic rings. The summed E-state index contributed by atoms with van der Waals surface area (Å²) in [6.07, 6.45) is -30.9. The fraction of sp³-hybridized carbons (Fsp3) is 0.702. The van der Waals surface area contributed by atoms with Crippen LogP contribution in [0.5, 0.6) is 0 Å². The maximum atomic E-state index is 15.3. The van der Waals surface area contributed by atoms with E-state index in [4.69, 9.17) is 142 Å². The summed E-state index contributed by atoms with van der Waals surface area (Å²) in [5.41, 5.74) is -7.56. The van der Waals surface area contributed by atoms with Crippen LogP contribution in [0.1, 0.15) is 132 Å². The zero-order valence-corrected chi connectivity index (χ0v) is 86.5. The first kappa shape index (κ1) is 123. The number of ether oxygens (including phenoxy) is 30. The largest absolute Gasteiger partial charge is 0.457 e. The molecule has 0 bridgehead atoms. The monoisotopic (exact) mass is 2020 g/mol. The first-order valence-corrected chi connectivity index (χ1v) is 47.8. The predicted molar refractivity (Wildman–Crippen MR) is 516 cm³/mol. The molecule has 0 unspecified atom stereocenters. The van der Waals surface area contributed by atoms with Crippen LogP contribution in [0.2, 0.25) is 0 Å². The third kappa shape index (κ3) is 36.4. The highest BCUT2D eigenvalue weighted by atomic mass is 16.8. The second-order valence-electron chi connectivity index (χ2n) is 40.6. The lowest BCUT2D eigenvalue weighted by Crippen LogP contribution is -2.70. The van der Waals surface area contributed by atoms with Gasteiger partial charge >= 0.3 is 41.8 Å². The topological polar surface area (TPSA) is 417 Å². The molecule has 804 valence electrons. The lowest BCUT2D eigenvalue weighted by Gasteiger charge is -2.53. The second kappa shape index (κ2) is 58.7. The Morgan fingerprint density at radius 3 is 0.542 bits per heavy atom. The lowest BCUT2D eigenvalue weighted by molar-refractivity contribution is -0.401. The van der Waals surface area contributed by atoms with Crippen molar-refractivity contribution in [2.24, 2.45) is 32.5 Å². The van der Waals surface area contributed by atoms with Crippen LogP contribution in [0.4, 0.5) is 0 Å². The number of carbonyl (C=O) groups excluding carboxylic acids is 7. The van der Waals surface area contributed by atoms with E-state index in [1.165, 1.54) is 79.8 Å². The molecule has 0 aliphatic carbocycles. The summed E-state index contributed by atoms with van der Waals surface area (Å²) < 4.78 is 202. The molecule has 38 heteroatoms. The highest BCUT2D eigenvalue weighted by molar-refractivity contribution is 5.78. The summed E-state index contributed by atoms with van der Waals surface area (Å²) in [4.78, 5) is 102. The third-order valence-electron chi connectivity index (χ3n) is 22.0. The zero-order valence-electron chi connectivity index (χ0n) is 86.5. The maximum absolute atomic E-state index is 15.3. The predicted octanol–water partition coefficient (Wildman–Crippen LogP) is 10.6. The van der Waals surface area contributed by atoms with Gasteiger partial charge in [0.1, 0.15) is 104 Å². The number of aliphatic hydroxyl groups excluding tert-OH is 1. The average Bonchev–Trinajstić information content (AvgIpc) is 0.756. The van der Waals surface area contributed by atoms with Gasteiger partial charge in [-0.15, -0.1) is 78.9 Å². The molecule has 6 saturated heterocycles. The van der Waals surface area contributed by atoms with Crippen molar-refractivity contribution in [3.63, 3.8) is 0 Å². The first-order valence-electron chi connectivity index (χ1n) is 47.8. The highest BCUT2D eigenvalue weighted by Gasteiger charge is 2.64. The van der Waals surface area contributed by atoms with Crippen molar-refractivity contribution in [3.8, 4) is 0 Å². The van der Waals surface area contributed by atoms with E-state index in [0.29, 0.717) is 0 Å². The molecule has 6 rings (SSSR count). The molecule has 0 radical (unpaired) electrons.